The standard InChI is InChI=1S/C11H20N2O4/c1-11(10(15)16)3-2-5-13(8-11)9(14)7-17-6-4-12/h2-8,12H2,1H3,(H,15,16). The van der Waals surface area contributed by atoms with E-state index in [9.17, 15) is 9.59 Å². The number of amides is 1. The number of piperidine rings is 1. The van der Waals surface area contributed by atoms with Crippen molar-refractivity contribution in [1.82, 2.24) is 4.90 Å². The third-order valence-corrected chi connectivity index (χ3v) is 3.05. The van der Waals surface area contributed by atoms with E-state index < -0.39 is 11.4 Å². The fourth-order valence-corrected chi connectivity index (χ4v) is 1.96. The summed E-state index contributed by atoms with van der Waals surface area (Å²) in [6.45, 7) is 3.24. The number of hydrogen-bond donors (Lipinski definition) is 2. The van der Waals surface area contributed by atoms with Crippen LogP contribution in [0.3, 0.4) is 0 Å². The highest BCUT2D eigenvalue weighted by atomic mass is 16.5. The Balaban J connectivity index is 2.49. The van der Waals surface area contributed by atoms with Crippen LogP contribution in [0.4, 0.5) is 0 Å². The fourth-order valence-electron chi connectivity index (χ4n) is 1.96. The molecule has 0 bridgehead atoms. The van der Waals surface area contributed by atoms with Gasteiger partial charge in [0.2, 0.25) is 5.91 Å². The van der Waals surface area contributed by atoms with E-state index in [0.717, 1.165) is 0 Å². The summed E-state index contributed by atoms with van der Waals surface area (Å²) < 4.78 is 5.06. The molecule has 3 N–H and O–H groups in total. The van der Waals surface area contributed by atoms with E-state index in [2.05, 4.69) is 0 Å². The van der Waals surface area contributed by atoms with Gasteiger partial charge in [-0.3, -0.25) is 9.59 Å². The quantitative estimate of drug-likeness (QED) is 0.646. The van der Waals surface area contributed by atoms with Crippen LogP contribution < -0.4 is 5.73 Å². The lowest BCUT2D eigenvalue weighted by molar-refractivity contribution is -0.154. The average Bonchev–Trinajstić information content (AvgIpc) is 2.29. The van der Waals surface area contributed by atoms with Crippen LogP contribution in [0.2, 0.25) is 0 Å². The Morgan fingerprint density at radius 1 is 1.53 bits per heavy atom. The minimum Gasteiger partial charge on any atom is -0.481 e. The number of carbonyl (C=O) groups excluding carboxylic acids is 1. The van der Waals surface area contributed by atoms with Crippen LogP contribution in [0.5, 0.6) is 0 Å². The molecular weight excluding hydrogens is 224 g/mol. The van der Waals surface area contributed by atoms with Gasteiger partial charge in [-0.2, -0.15) is 0 Å². The van der Waals surface area contributed by atoms with Crippen LogP contribution >= 0.6 is 0 Å². The number of nitrogens with zero attached hydrogens (tertiary/aromatic N) is 1. The highest BCUT2D eigenvalue weighted by molar-refractivity contribution is 5.80. The smallest absolute Gasteiger partial charge is 0.311 e. The zero-order valence-electron chi connectivity index (χ0n) is 10.1. The third-order valence-electron chi connectivity index (χ3n) is 3.05. The summed E-state index contributed by atoms with van der Waals surface area (Å²) >= 11 is 0. The van der Waals surface area contributed by atoms with Crippen LogP contribution in [-0.2, 0) is 14.3 Å². The normalized spacial score (nSPS) is 24.7. The number of ether oxygens (including phenoxy) is 1. The van der Waals surface area contributed by atoms with Gasteiger partial charge in [0, 0.05) is 19.6 Å². The first-order chi connectivity index (χ1) is 7.99. The molecule has 1 unspecified atom stereocenters. The molecule has 0 aromatic heterocycles. The third kappa shape index (κ3) is 3.67. The average molecular weight is 244 g/mol. The summed E-state index contributed by atoms with van der Waals surface area (Å²) in [5, 5.41) is 9.13. The van der Waals surface area contributed by atoms with E-state index in [1.54, 1.807) is 11.8 Å². The number of carboxylic acid groups (broad SMARTS) is 1. The van der Waals surface area contributed by atoms with Crippen LogP contribution in [0.25, 0.3) is 0 Å². The second-order valence-corrected chi connectivity index (χ2v) is 4.63. The molecule has 0 aromatic carbocycles. The molecule has 1 saturated heterocycles. The fraction of sp³-hybridized carbons (Fsp3) is 0.818. The molecule has 1 fully saturated rings. The molecule has 0 radical (unpaired) electrons. The molecule has 0 saturated carbocycles. The number of aliphatic carboxylic acids is 1. The molecule has 1 aliphatic heterocycles. The second-order valence-electron chi connectivity index (χ2n) is 4.63. The lowest BCUT2D eigenvalue weighted by Crippen LogP contribution is -2.49. The Morgan fingerprint density at radius 3 is 2.82 bits per heavy atom. The Kier molecular flexibility index (Phi) is 4.89. The van der Waals surface area contributed by atoms with Crippen molar-refractivity contribution in [3.63, 3.8) is 0 Å². The van der Waals surface area contributed by atoms with Gasteiger partial charge in [-0.25, -0.2) is 0 Å². The predicted octanol–water partition coefficient (Wildman–Crippen LogP) is -0.325. The minimum atomic E-state index is -0.849. The maximum Gasteiger partial charge on any atom is 0.311 e. The highest BCUT2D eigenvalue weighted by Crippen LogP contribution is 2.29. The first kappa shape index (κ1) is 13.9. The van der Waals surface area contributed by atoms with Gasteiger partial charge >= 0.3 is 5.97 Å². The highest BCUT2D eigenvalue weighted by Gasteiger charge is 2.39. The van der Waals surface area contributed by atoms with Gasteiger partial charge in [0.25, 0.3) is 0 Å². The topological polar surface area (TPSA) is 92.9 Å². The van der Waals surface area contributed by atoms with E-state index in [-0.39, 0.29) is 19.1 Å². The lowest BCUT2D eigenvalue weighted by Gasteiger charge is -2.37. The van der Waals surface area contributed by atoms with Gasteiger partial charge in [-0.05, 0) is 19.8 Å². The van der Waals surface area contributed by atoms with Gasteiger partial charge in [0.15, 0.2) is 0 Å². The maximum atomic E-state index is 11.8. The molecular formula is C11H20N2O4. The molecule has 0 aliphatic carbocycles. The molecule has 1 rings (SSSR count). The van der Waals surface area contributed by atoms with Gasteiger partial charge in [0.05, 0.1) is 12.0 Å². The summed E-state index contributed by atoms with van der Waals surface area (Å²) in [6.07, 6.45) is 1.32. The second kappa shape index (κ2) is 5.97. The maximum absolute atomic E-state index is 11.8. The minimum absolute atomic E-state index is 0.0209. The van der Waals surface area contributed by atoms with Crippen LogP contribution in [-0.4, -0.2) is 54.7 Å². The molecule has 1 amide bonds. The molecule has 6 nitrogen and oxygen atoms in total. The molecule has 1 heterocycles. The van der Waals surface area contributed by atoms with Crippen molar-refractivity contribution < 1.29 is 19.4 Å². The van der Waals surface area contributed by atoms with E-state index in [0.29, 0.717) is 32.5 Å². The number of rotatable bonds is 5. The number of hydrogen-bond acceptors (Lipinski definition) is 4. The first-order valence-electron chi connectivity index (χ1n) is 5.78. The van der Waals surface area contributed by atoms with Crippen LogP contribution in [0.15, 0.2) is 0 Å². The summed E-state index contributed by atoms with van der Waals surface area (Å²) in [5.74, 6) is -1.01. The van der Waals surface area contributed by atoms with Crippen molar-refractivity contribution in [2.24, 2.45) is 11.1 Å². The van der Waals surface area contributed by atoms with E-state index >= 15 is 0 Å². The first-order valence-corrected chi connectivity index (χ1v) is 5.78. The van der Waals surface area contributed by atoms with Crippen molar-refractivity contribution in [2.45, 2.75) is 19.8 Å². The van der Waals surface area contributed by atoms with E-state index in [4.69, 9.17) is 15.6 Å². The van der Waals surface area contributed by atoms with Crippen molar-refractivity contribution >= 4 is 11.9 Å². The molecule has 98 valence electrons. The SMILES string of the molecule is CC1(C(=O)O)CCCN(C(=O)COCCN)C1. The summed E-state index contributed by atoms with van der Waals surface area (Å²) in [7, 11) is 0. The predicted molar refractivity (Wildman–Crippen MR) is 61.4 cm³/mol. The monoisotopic (exact) mass is 244 g/mol. The zero-order chi connectivity index (χ0) is 12.9. The van der Waals surface area contributed by atoms with Gasteiger partial charge in [0.1, 0.15) is 6.61 Å². The van der Waals surface area contributed by atoms with Crippen molar-refractivity contribution in [3.8, 4) is 0 Å². The molecule has 6 heteroatoms. The summed E-state index contributed by atoms with van der Waals surface area (Å²) in [6, 6.07) is 0. The molecule has 1 atom stereocenters. The Morgan fingerprint density at radius 2 is 2.24 bits per heavy atom. The largest absolute Gasteiger partial charge is 0.481 e. The Hall–Kier alpha value is -1.14. The molecule has 17 heavy (non-hydrogen) atoms. The summed E-state index contributed by atoms with van der Waals surface area (Å²) in [5.41, 5.74) is 4.42. The molecule has 1 aliphatic rings. The Labute approximate surface area is 101 Å². The van der Waals surface area contributed by atoms with Gasteiger partial charge < -0.3 is 20.5 Å². The van der Waals surface area contributed by atoms with Crippen LogP contribution in [0.1, 0.15) is 19.8 Å². The summed E-state index contributed by atoms with van der Waals surface area (Å²) in [4.78, 5) is 24.4. The van der Waals surface area contributed by atoms with E-state index in [1.807, 2.05) is 0 Å². The van der Waals surface area contributed by atoms with Crippen LogP contribution in [0, 0.1) is 5.41 Å². The molecule has 0 aromatic rings. The Bertz CT molecular complexity index is 295. The van der Waals surface area contributed by atoms with E-state index in [1.165, 1.54) is 0 Å². The number of carboxylic acids is 1. The van der Waals surface area contributed by atoms with Crippen molar-refractivity contribution in [3.05, 3.63) is 0 Å². The van der Waals surface area contributed by atoms with Crippen molar-refractivity contribution in [1.29, 1.82) is 0 Å². The van der Waals surface area contributed by atoms with Gasteiger partial charge in [-0.1, -0.05) is 0 Å². The number of nitrogens with two attached hydrogens (primary N) is 1. The van der Waals surface area contributed by atoms with Crippen molar-refractivity contribution in [2.75, 3.05) is 32.8 Å². The zero-order valence-corrected chi connectivity index (χ0v) is 10.1. The molecule has 0 spiro atoms. The number of carbonyl (C=O) groups is 2. The number of likely N-dealkylation sites (tertiary alicyclic amines) is 1. The van der Waals surface area contributed by atoms with Gasteiger partial charge in [-0.15, -0.1) is 0 Å². The lowest BCUT2D eigenvalue weighted by atomic mass is 9.82.